The SMILES string of the molecule is c1ccc(-c2ccc(-c3nc(-c4ccccc4)nc(-c4cccc5oc6cc(-c7cc8c(cc7-c7ccccc7)sc7ccccc78)ccc6c45)n3)cc2)cc1. The third-order valence-corrected chi connectivity index (χ3v) is 11.7. The van der Waals surface area contributed by atoms with Crippen LogP contribution in [0.5, 0.6) is 0 Å². The second kappa shape index (κ2) is 13.3. The lowest BCUT2D eigenvalue weighted by Gasteiger charge is -2.12. The lowest BCUT2D eigenvalue weighted by molar-refractivity contribution is 0.669. The molecule has 0 atom stereocenters. The van der Waals surface area contributed by atoms with Crippen molar-refractivity contribution in [1.29, 1.82) is 0 Å². The third-order valence-electron chi connectivity index (χ3n) is 10.6. The number of thiophene rings is 1. The van der Waals surface area contributed by atoms with Crippen molar-refractivity contribution in [1.82, 2.24) is 15.0 Å². The van der Waals surface area contributed by atoms with Crippen LogP contribution in [-0.2, 0) is 0 Å². The van der Waals surface area contributed by atoms with Gasteiger partial charge in [0.2, 0.25) is 0 Å². The van der Waals surface area contributed by atoms with Crippen molar-refractivity contribution in [2.45, 2.75) is 0 Å². The van der Waals surface area contributed by atoms with Crippen LogP contribution in [-0.4, -0.2) is 15.0 Å². The Bertz CT molecular complexity index is 3230. The van der Waals surface area contributed by atoms with Crippen LogP contribution in [0.4, 0.5) is 0 Å². The van der Waals surface area contributed by atoms with Crippen LogP contribution in [0.25, 0.3) is 110 Å². The Hall–Kier alpha value is -7.21. The summed E-state index contributed by atoms with van der Waals surface area (Å²) in [5.74, 6) is 1.83. The summed E-state index contributed by atoms with van der Waals surface area (Å²) < 4.78 is 9.25. The van der Waals surface area contributed by atoms with Crippen LogP contribution >= 0.6 is 11.3 Å². The molecule has 0 aliphatic carbocycles. The molecule has 0 saturated heterocycles. The van der Waals surface area contributed by atoms with Crippen molar-refractivity contribution >= 4 is 53.4 Å². The zero-order chi connectivity index (χ0) is 37.0. The lowest BCUT2D eigenvalue weighted by atomic mass is 9.92. The van der Waals surface area contributed by atoms with E-state index in [9.17, 15) is 0 Å². The fourth-order valence-electron chi connectivity index (χ4n) is 7.83. The van der Waals surface area contributed by atoms with E-state index in [1.165, 1.54) is 42.4 Å². The van der Waals surface area contributed by atoms with Crippen LogP contribution in [0, 0.1) is 0 Å². The van der Waals surface area contributed by atoms with Gasteiger partial charge in [0.05, 0.1) is 0 Å². The van der Waals surface area contributed by atoms with Gasteiger partial charge in [-0.05, 0) is 69.8 Å². The average Bonchev–Trinajstić information content (AvgIpc) is 3.84. The molecule has 3 aromatic heterocycles. The highest BCUT2D eigenvalue weighted by Crippen LogP contribution is 2.44. The van der Waals surface area contributed by atoms with Crippen molar-refractivity contribution in [3.8, 4) is 67.5 Å². The predicted octanol–water partition coefficient (Wildman–Crippen LogP) is 14.1. The Morgan fingerprint density at radius 1 is 0.321 bits per heavy atom. The largest absolute Gasteiger partial charge is 0.456 e. The van der Waals surface area contributed by atoms with Crippen LogP contribution < -0.4 is 0 Å². The molecule has 0 radical (unpaired) electrons. The second-order valence-corrected chi connectivity index (χ2v) is 15.0. The van der Waals surface area contributed by atoms with Gasteiger partial charge in [-0.15, -0.1) is 11.3 Å². The van der Waals surface area contributed by atoms with Gasteiger partial charge in [0.1, 0.15) is 11.2 Å². The minimum Gasteiger partial charge on any atom is -0.456 e. The topological polar surface area (TPSA) is 51.8 Å². The van der Waals surface area contributed by atoms with Gasteiger partial charge in [0, 0.05) is 47.6 Å². The number of benzene rings is 8. The summed E-state index contributed by atoms with van der Waals surface area (Å²) in [5, 5.41) is 4.54. The molecule has 0 aliphatic heterocycles. The van der Waals surface area contributed by atoms with Crippen LogP contribution in [0.15, 0.2) is 192 Å². The molecule has 5 heteroatoms. The van der Waals surface area contributed by atoms with Gasteiger partial charge >= 0.3 is 0 Å². The van der Waals surface area contributed by atoms with Gasteiger partial charge in [0.15, 0.2) is 17.5 Å². The highest BCUT2D eigenvalue weighted by atomic mass is 32.1. The zero-order valence-electron chi connectivity index (χ0n) is 30.1. The maximum atomic E-state index is 6.68. The van der Waals surface area contributed by atoms with Crippen molar-refractivity contribution in [2.75, 3.05) is 0 Å². The van der Waals surface area contributed by atoms with Gasteiger partial charge in [-0.25, -0.2) is 15.0 Å². The molecule has 262 valence electrons. The van der Waals surface area contributed by atoms with Crippen LogP contribution in [0.1, 0.15) is 0 Å². The quantitative estimate of drug-likeness (QED) is 0.171. The van der Waals surface area contributed by atoms with E-state index >= 15 is 0 Å². The Labute approximate surface area is 327 Å². The number of rotatable bonds is 6. The van der Waals surface area contributed by atoms with E-state index < -0.39 is 0 Å². The predicted molar refractivity (Wildman–Crippen MR) is 233 cm³/mol. The van der Waals surface area contributed by atoms with Gasteiger partial charge in [0.25, 0.3) is 0 Å². The van der Waals surface area contributed by atoms with E-state index in [4.69, 9.17) is 19.4 Å². The summed E-state index contributed by atoms with van der Waals surface area (Å²) in [6, 6.07) is 65.7. The van der Waals surface area contributed by atoms with Crippen molar-refractivity contribution in [2.24, 2.45) is 0 Å². The molecular weight excluding hydrogens is 703 g/mol. The molecule has 0 aliphatic rings. The first-order valence-corrected chi connectivity index (χ1v) is 19.5. The minimum absolute atomic E-state index is 0.597. The smallest absolute Gasteiger partial charge is 0.164 e. The molecular formula is C51H31N3OS. The number of hydrogen-bond donors (Lipinski definition) is 0. The van der Waals surface area contributed by atoms with E-state index in [-0.39, 0.29) is 0 Å². The van der Waals surface area contributed by atoms with E-state index in [0.717, 1.165) is 49.8 Å². The maximum absolute atomic E-state index is 6.68. The maximum Gasteiger partial charge on any atom is 0.164 e. The Morgan fingerprint density at radius 2 is 0.893 bits per heavy atom. The molecule has 0 amide bonds. The minimum atomic E-state index is 0.597. The van der Waals surface area contributed by atoms with Gasteiger partial charge in [-0.2, -0.15) is 0 Å². The van der Waals surface area contributed by atoms with Crippen molar-refractivity contribution < 1.29 is 4.42 Å². The number of furan rings is 1. The summed E-state index contributed by atoms with van der Waals surface area (Å²) in [6.45, 7) is 0. The van der Waals surface area contributed by atoms with E-state index in [2.05, 4.69) is 140 Å². The normalized spacial score (nSPS) is 11.6. The summed E-state index contributed by atoms with van der Waals surface area (Å²) in [4.78, 5) is 15.2. The molecule has 0 fully saturated rings. The number of nitrogens with zero attached hydrogens (tertiary/aromatic N) is 3. The summed E-state index contributed by atoms with van der Waals surface area (Å²) in [5.41, 5.74) is 11.3. The number of aromatic nitrogens is 3. The second-order valence-electron chi connectivity index (χ2n) is 14.0. The first kappa shape index (κ1) is 32.2. The molecule has 0 saturated carbocycles. The van der Waals surface area contributed by atoms with Gasteiger partial charge < -0.3 is 4.42 Å². The highest BCUT2D eigenvalue weighted by molar-refractivity contribution is 7.25. The van der Waals surface area contributed by atoms with E-state index in [0.29, 0.717) is 17.5 Å². The monoisotopic (exact) mass is 733 g/mol. The molecule has 8 aromatic carbocycles. The molecule has 0 bridgehead atoms. The zero-order valence-corrected chi connectivity index (χ0v) is 30.9. The summed E-state index contributed by atoms with van der Waals surface area (Å²) in [6.07, 6.45) is 0. The number of hydrogen-bond acceptors (Lipinski definition) is 5. The first-order chi connectivity index (χ1) is 27.7. The first-order valence-electron chi connectivity index (χ1n) is 18.7. The van der Waals surface area contributed by atoms with Crippen LogP contribution in [0.2, 0.25) is 0 Å². The van der Waals surface area contributed by atoms with Gasteiger partial charge in [-0.3, -0.25) is 0 Å². The van der Waals surface area contributed by atoms with Gasteiger partial charge in [-0.1, -0.05) is 152 Å². The van der Waals surface area contributed by atoms with Crippen molar-refractivity contribution in [3.63, 3.8) is 0 Å². The highest BCUT2D eigenvalue weighted by Gasteiger charge is 2.20. The summed E-state index contributed by atoms with van der Waals surface area (Å²) in [7, 11) is 0. The third kappa shape index (κ3) is 5.56. The molecule has 56 heavy (non-hydrogen) atoms. The Kier molecular flexibility index (Phi) is 7.64. The Morgan fingerprint density at radius 3 is 1.64 bits per heavy atom. The molecule has 4 nitrogen and oxygen atoms in total. The van der Waals surface area contributed by atoms with Crippen LogP contribution in [0.3, 0.4) is 0 Å². The molecule has 3 heterocycles. The van der Waals surface area contributed by atoms with E-state index in [1.807, 2.05) is 59.9 Å². The van der Waals surface area contributed by atoms with Crippen molar-refractivity contribution in [3.05, 3.63) is 188 Å². The Balaban J connectivity index is 1.07. The molecule has 11 aromatic rings. The standard InChI is InChI=1S/C51H31N3OS/c1-4-13-32(14-5-1)33-23-25-36(26-24-33)50-52-49(35-17-8-3-9-18-35)53-51(54-50)40-20-12-21-44-48(40)39-28-27-37(29-45(39)55-44)41-30-43-38-19-10-11-22-46(38)56-47(43)31-42(41)34-15-6-2-7-16-34/h1-31H. The van der Waals surface area contributed by atoms with E-state index in [1.54, 1.807) is 0 Å². The molecule has 0 unspecified atom stereocenters. The summed E-state index contributed by atoms with van der Waals surface area (Å²) >= 11 is 1.84. The fourth-order valence-corrected chi connectivity index (χ4v) is 8.96. The lowest BCUT2D eigenvalue weighted by Crippen LogP contribution is -2.00. The molecule has 11 rings (SSSR count). The molecule has 0 spiro atoms. The number of fused-ring (bicyclic) bond motifs is 6. The average molecular weight is 734 g/mol. The molecule has 0 N–H and O–H groups in total. The fraction of sp³-hybridized carbons (Fsp3) is 0.